The van der Waals surface area contributed by atoms with Crippen molar-refractivity contribution in [3.63, 3.8) is 0 Å². The molecule has 78 valence electrons. The van der Waals surface area contributed by atoms with Crippen molar-refractivity contribution in [2.45, 2.75) is 12.8 Å². The number of ether oxygens (including phenoxy) is 1. The number of esters is 1. The van der Waals surface area contributed by atoms with E-state index in [9.17, 15) is 4.79 Å². The number of fused-ring (bicyclic) bond motifs is 1. The molecule has 0 fully saturated rings. The Kier molecular flexibility index (Phi) is 2.78. The number of hydrogen-bond acceptors (Lipinski definition) is 2. The summed E-state index contributed by atoms with van der Waals surface area (Å²) in [5.41, 5.74) is 3.36. The molecule has 2 rings (SSSR count). The van der Waals surface area contributed by atoms with Gasteiger partial charge in [-0.2, -0.15) is 0 Å². The lowest BCUT2D eigenvalue weighted by molar-refractivity contribution is -0.134. The van der Waals surface area contributed by atoms with Crippen LogP contribution in [-0.2, 0) is 16.0 Å². The summed E-state index contributed by atoms with van der Waals surface area (Å²) >= 11 is 5.89. The Balaban J connectivity index is 2.37. The van der Waals surface area contributed by atoms with E-state index in [0.29, 0.717) is 0 Å². The number of hydrogen-bond donors (Lipinski definition) is 0. The third kappa shape index (κ3) is 2.05. The van der Waals surface area contributed by atoms with E-state index in [-0.39, 0.29) is 5.97 Å². The van der Waals surface area contributed by atoms with E-state index < -0.39 is 0 Å². The largest absolute Gasteiger partial charge is 0.466 e. The number of methoxy groups -OCH3 is 1. The highest BCUT2D eigenvalue weighted by Crippen LogP contribution is 2.33. The third-order valence-electron chi connectivity index (χ3n) is 2.57. The summed E-state index contributed by atoms with van der Waals surface area (Å²) in [6.45, 7) is 0. The van der Waals surface area contributed by atoms with Gasteiger partial charge in [0, 0.05) is 11.1 Å². The predicted octanol–water partition coefficient (Wildman–Crippen LogP) is 2.84. The summed E-state index contributed by atoms with van der Waals surface area (Å²) in [6.07, 6.45) is 3.38. The standard InChI is InChI=1S/C12H11ClO2/c1-15-12(14)7-9-3-2-8-6-10(13)4-5-11(8)9/h4-7H,2-3H2,1H3/b9-7+. The van der Waals surface area contributed by atoms with Crippen LogP contribution in [0.2, 0.25) is 5.02 Å². The summed E-state index contributed by atoms with van der Waals surface area (Å²) in [6, 6.07) is 5.76. The molecule has 0 saturated carbocycles. The smallest absolute Gasteiger partial charge is 0.330 e. The molecule has 1 aromatic carbocycles. The van der Waals surface area contributed by atoms with Gasteiger partial charge in [-0.25, -0.2) is 4.79 Å². The molecule has 15 heavy (non-hydrogen) atoms. The number of aryl methyl sites for hydroxylation is 1. The molecule has 0 radical (unpaired) electrons. The molecule has 0 atom stereocenters. The van der Waals surface area contributed by atoms with Crippen molar-refractivity contribution >= 4 is 23.1 Å². The Morgan fingerprint density at radius 3 is 3.00 bits per heavy atom. The highest BCUT2D eigenvalue weighted by atomic mass is 35.5. The van der Waals surface area contributed by atoms with E-state index in [1.54, 1.807) is 6.08 Å². The van der Waals surface area contributed by atoms with E-state index >= 15 is 0 Å². The van der Waals surface area contributed by atoms with E-state index in [1.807, 2.05) is 18.2 Å². The minimum Gasteiger partial charge on any atom is -0.466 e. The number of benzene rings is 1. The van der Waals surface area contributed by atoms with Gasteiger partial charge in [0.25, 0.3) is 0 Å². The fraction of sp³-hybridized carbons (Fsp3) is 0.250. The van der Waals surface area contributed by atoms with Crippen LogP contribution in [0.25, 0.3) is 5.57 Å². The molecule has 0 unspecified atom stereocenters. The van der Waals surface area contributed by atoms with Crippen molar-refractivity contribution < 1.29 is 9.53 Å². The lowest BCUT2D eigenvalue weighted by Gasteiger charge is -2.00. The first-order chi connectivity index (χ1) is 7.20. The van der Waals surface area contributed by atoms with Gasteiger partial charge in [0.2, 0.25) is 0 Å². The second-order valence-corrected chi connectivity index (χ2v) is 3.93. The number of rotatable bonds is 1. The molecule has 0 N–H and O–H groups in total. The number of halogens is 1. The zero-order valence-corrected chi connectivity index (χ0v) is 9.17. The highest BCUT2D eigenvalue weighted by molar-refractivity contribution is 6.30. The van der Waals surface area contributed by atoms with Gasteiger partial charge in [0.15, 0.2) is 0 Å². The van der Waals surface area contributed by atoms with E-state index in [0.717, 1.165) is 29.0 Å². The molecule has 0 bridgehead atoms. The second kappa shape index (κ2) is 4.07. The topological polar surface area (TPSA) is 26.3 Å². The van der Waals surface area contributed by atoms with Gasteiger partial charge in [-0.1, -0.05) is 17.7 Å². The summed E-state index contributed by atoms with van der Waals surface area (Å²) in [4.78, 5) is 11.1. The van der Waals surface area contributed by atoms with Crippen molar-refractivity contribution in [1.82, 2.24) is 0 Å². The Labute approximate surface area is 93.5 Å². The minimum absolute atomic E-state index is 0.298. The van der Waals surface area contributed by atoms with Crippen LogP contribution in [0.3, 0.4) is 0 Å². The lowest BCUT2D eigenvalue weighted by atomic mass is 10.1. The van der Waals surface area contributed by atoms with Gasteiger partial charge in [0.05, 0.1) is 7.11 Å². The maximum Gasteiger partial charge on any atom is 0.330 e. The van der Waals surface area contributed by atoms with Crippen molar-refractivity contribution in [2.75, 3.05) is 7.11 Å². The number of allylic oxidation sites excluding steroid dienone is 1. The van der Waals surface area contributed by atoms with Gasteiger partial charge in [0.1, 0.15) is 0 Å². The van der Waals surface area contributed by atoms with Gasteiger partial charge < -0.3 is 4.74 Å². The molecule has 1 aromatic rings. The van der Waals surface area contributed by atoms with E-state index in [2.05, 4.69) is 4.74 Å². The SMILES string of the molecule is COC(=O)/C=C1\CCc2cc(Cl)ccc21. The molecule has 1 aliphatic rings. The van der Waals surface area contributed by atoms with Crippen LogP contribution in [0.5, 0.6) is 0 Å². The first-order valence-corrected chi connectivity index (χ1v) is 5.16. The molecular weight excluding hydrogens is 212 g/mol. The van der Waals surface area contributed by atoms with Crippen LogP contribution in [-0.4, -0.2) is 13.1 Å². The Hall–Kier alpha value is -1.28. The fourth-order valence-electron chi connectivity index (χ4n) is 1.84. The summed E-state index contributed by atoms with van der Waals surface area (Å²) < 4.78 is 4.61. The van der Waals surface area contributed by atoms with Gasteiger partial charge in [-0.15, -0.1) is 0 Å². The summed E-state index contributed by atoms with van der Waals surface area (Å²) in [5, 5.41) is 0.744. The van der Waals surface area contributed by atoms with Gasteiger partial charge in [-0.3, -0.25) is 0 Å². The molecule has 2 nitrogen and oxygen atoms in total. The van der Waals surface area contributed by atoms with E-state index in [1.165, 1.54) is 12.7 Å². The Morgan fingerprint density at radius 2 is 2.27 bits per heavy atom. The fourth-order valence-corrected chi connectivity index (χ4v) is 2.03. The molecule has 0 aromatic heterocycles. The Bertz CT molecular complexity index is 435. The molecule has 0 heterocycles. The predicted molar refractivity (Wildman–Crippen MR) is 59.8 cm³/mol. The van der Waals surface area contributed by atoms with Crippen molar-refractivity contribution in [3.05, 3.63) is 40.4 Å². The number of carbonyl (C=O) groups excluding carboxylic acids is 1. The molecule has 0 saturated heterocycles. The van der Waals surface area contributed by atoms with Crippen molar-refractivity contribution in [2.24, 2.45) is 0 Å². The third-order valence-corrected chi connectivity index (χ3v) is 2.81. The summed E-state index contributed by atoms with van der Waals surface area (Å²) in [7, 11) is 1.39. The molecule has 0 aliphatic heterocycles. The van der Waals surface area contributed by atoms with Crippen LogP contribution in [0.4, 0.5) is 0 Å². The van der Waals surface area contributed by atoms with Gasteiger partial charge in [-0.05, 0) is 41.7 Å². The van der Waals surface area contributed by atoms with Crippen molar-refractivity contribution in [1.29, 1.82) is 0 Å². The quantitative estimate of drug-likeness (QED) is 0.540. The average molecular weight is 223 g/mol. The number of carbonyl (C=O) groups is 1. The van der Waals surface area contributed by atoms with Crippen LogP contribution in [0, 0.1) is 0 Å². The molecule has 3 heteroatoms. The molecule has 1 aliphatic carbocycles. The normalized spacial score (nSPS) is 16.5. The lowest BCUT2D eigenvalue weighted by Crippen LogP contribution is -1.95. The second-order valence-electron chi connectivity index (χ2n) is 3.49. The van der Waals surface area contributed by atoms with Crippen LogP contribution in [0.1, 0.15) is 17.5 Å². The van der Waals surface area contributed by atoms with Crippen molar-refractivity contribution in [3.8, 4) is 0 Å². The minimum atomic E-state index is -0.298. The summed E-state index contributed by atoms with van der Waals surface area (Å²) in [5.74, 6) is -0.298. The van der Waals surface area contributed by atoms with Crippen LogP contribution < -0.4 is 0 Å². The molecule has 0 spiro atoms. The Morgan fingerprint density at radius 1 is 1.47 bits per heavy atom. The molecule has 0 amide bonds. The monoisotopic (exact) mass is 222 g/mol. The first-order valence-electron chi connectivity index (χ1n) is 4.78. The maximum absolute atomic E-state index is 11.1. The first kappa shape index (κ1) is 10.2. The zero-order valence-electron chi connectivity index (χ0n) is 8.42. The van der Waals surface area contributed by atoms with Crippen LogP contribution in [0.15, 0.2) is 24.3 Å². The van der Waals surface area contributed by atoms with Crippen LogP contribution >= 0.6 is 11.6 Å². The molecular formula is C12H11ClO2. The highest BCUT2D eigenvalue weighted by Gasteiger charge is 2.17. The zero-order chi connectivity index (χ0) is 10.8. The van der Waals surface area contributed by atoms with Gasteiger partial charge >= 0.3 is 5.97 Å². The van der Waals surface area contributed by atoms with E-state index in [4.69, 9.17) is 11.6 Å². The maximum atomic E-state index is 11.1. The average Bonchev–Trinajstić information content (AvgIpc) is 2.60.